The minimum atomic E-state index is -0.949. The summed E-state index contributed by atoms with van der Waals surface area (Å²) in [6.45, 7) is 5.96. The molecule has 27 heavy (non-hydrogen) atoms. The summed E-state index contributed by atoms with van der Waals surface area (Å²) in [5, 5.41) is 19.9. The van der Waals surface area contributed by atoms with Gasteiger partial charge in [0.25, 0.3) is 0 Å². The van der Waals surface area contributed by atoms with Crippen LogP contribution < -0.4 is 4.74 Å². The minimum absolute atomic E-state index is 0.00449. The molecule has 1 N–H and O–H groups in total. The fraction of sp³-hybridized carbons (Fsp3) is 0.619. The number of benzene rings is 1. The predicted molar refractivity (Wildman–Crippen MR) is 100 cm³/mol. The third-order valence-corrected chi connectivity index (χ3v) is 5.25. The number of carbonyl (C=O) groups is 1. The molecule has 1 amide bonds. The highest BCUT2D eigenvalue weighted by Gasteiger charge is 2.51. The summed E-state index contributed by atoms with van der Waals surface area (Å²) in [6.07, 6.45) is 2.87. The predicted octanol–water partition coefficient (Wildman–Crippen LogP) is 3.73. The van der Waals surface area contributed by atoms with Crippen LogP contribution in [-0.4, -0.2) is 40.4 Å². The monoisotopic (exact) mass is 372 g/mol. The van der Waals surface area contributed by atoms with E-state index in [1.807, 2.05) is 56.0 Å². The van der Waals surface area contributed by atoms with Crippen molar-refractivity contribution in [1.29, 1.82) is 5.26 Å². The van der Waals surface area contributed by atoms with Gasteiger partial charge in [-0.15, -0.1) is 0 Å². The minimum Gasteiger partial charge on any atom is -0.493 e. The Labute approximate surface area is 160 Å². The highest BCUT2D eigenvalue weighted by atomic mass is 16.6. The van der Waals surface area contributed by atoms with Crippen molar-refractivity contribution >= 4 is 6.09 Å². The number of ether oxygens (including phenoxy) is 2. The van der Waals surface area contributed by atoms with E-state index in [0.29, 0.717) is 31.6 Å². The molecule has 6 nitrogen and oxygen atoms in total. The van der Waals surface area contributed by atoms with Crippen molar-refractivity contribution in [3.8, 4) is 11.8 Å². The van der Waals surface area contributed by atoms with Gasteiger partial charge in [0.1, 0.15) is 18.0 Å². The second-order valence-corrected chi connectivity index (χ2v) is 8.49. The van der Waals surface area contributed by atoms with Gasteiger partial charge in [-0.25, -0.2) is 4.79 Å². The Kier molecular flexibility index (Phi) is 5.34. The van der Waals surface area contributed by atoms with E-state index < -0.39 is 11.2 Å². The van der Waals surface area contributed by atoms with Crippen LogP contribution in [0.3, 0.4) is 0 Å². The van der Waals surface area contributed by atoms with Gasteiger partial charge in [0.15, 0.2) is 0 Å². The van der Waals surface area contributed by atoms with E-state index in [0.717, 1.165) is 18.4 Å². The summed E-state index contributed by atoms with van der Waals surface area (Å²) >= 11 is 0. The lowest BCUT2D eigenvalue weighted by molar-refractivity contribution is -0.0624. The fourth-order valence-corrected chi connectivity index (χ4v) is 4.15. The third-order valence-electron chi connectivity index (χ3n) is 5.25. The molecule has 2 unspecified atom stereocenters. The van der Waals surface area contributed by atoms with Crippen molar-refractivity contribution in [2.75, 3.05) is 6.61 Å². The second-order valence-electron chi connectivity index (χ2n) is 8.49. The van der Waals surface area contributed by atoms with Crippen LogP contribution in [0.1, 0.15) is 58.4 Å². The Morgan fingerprint density at radius 2 is 1.85 bits per heavy atom. The molecule has 2 aliphatic rings. The molecule has 2 bridgehead atoms. The summed E-state index contributed by atoms with van der Waals surface area (Å²) in [6, 6.07) is 9.45. The van der Waals surface area contributed by atoms with Crippen molar-refractivity contribution in [3.05, 3.63) is 29.8 Å². The molecule has 0 spiro atoms. The number of hydrogen-bond acceptors (Lipinski definition) is 5. The first kappa shape index (κ1) is 19.5. The van der Waals surface area contributed by atoms with Crippen LogP contribution >= 0.6 is 0 Å². The van der Waals surface area contributed by atoms with Gasteiger partial charge in [0, 0.05) is 24.9 Å². The maximum Gasteiger partial charge on any atom is 0.410 e. The molecule has 2 aliphatic heterocycles. The zero-order valence-corrected chi connectivity index (χ0v) is 16.3. The number of hydrogen-bond donors (Lipinski definition) is 1. The molecule has 1 aromatic rings. The van der Waals surface area contributed by atoms with E-state index in [-0.39, 0.29) is 18.2 Å². The lowest BCUT2D eigenvalue weighted by atomic mass is 9.80. The highest BCUT2D eigenvalue weighted by Crippen LogP contribution is 2.46. The average molecular weight is 372 g/mol. The Hall–Kier alpha value is -2.26. The molecule has 1 aromatic carbocycles. The van der Waals surface area contributed by atoms with Gasteiger partial charge in [-0.2, -0.15) is 5.26 Å². The largest absolute Gasteiger partial charge is 0.493 e. The number of rotatable bonds is 4. The quantitative estimate of drug-likeness (QED) is 0.814. The van der Waals surface area contributed by atoms with Crippen LogP contribution in [-0.2, 0) is 10.3 Å². The lowest BCUT2D eigenvalue weighted by Gasteiger charge is -2.44. The van der Waals surface area contributed by atoms with Gasteiger partial charge in [0.05, 0.1) is 18.1 Å². The number of aliphatic hydroxyl groups is 1. The zero-order valence-electron chi connectivity index (χ0n) is 16.3. The second kappa shape index (κ2) is 7.40. The third kappa shape index (κ3) is 4.36. The Bertz CT molecular complexity index is 703. The van der Waals surface area contributed by atoms with Gasteiger partial charge in [-0.05, 0) is 51.3 Å². The smallest absolute Gasteiger partial charge is 0.410 e. The fourth-order valence-electron chi connectivity index (χ4n) is 4.15. The van der Waals surface area contributed by atoms with Crippen LogP contribution in [0, 0.1) is 11.3 Å². The molecule has 2 heterocycles. The van der Waals surface area contributed by atoms with E-state index in [1.54, 1.807) is 0 Å². The number of amides is 1. The topological polar surface area (TPSA) is 82.8 Å². The molecule has 0 aliphatic carbocycles. The molecule has 0 radical (unpaired) electrons. The molecular weight excluding hydrogens is 344 g/mol. The summed E-state index contributed by atoms with van der Waals surface area (Å²) < 4.78 is 11.1. The number of nitriles is 1. The first-order valence-electron chi connectivity index (χ1n) is 9.56. The number of carbonyl (C=O) groups excluding carboxylic acids is 1. The average Bonchev–Trinajstić information content (AvgIpc) is 2.87. The Morgan fingerprint density at radius 3 is 2.37 bits per heavy atom. The van der Waals surface area contributed by atoms with Crippen molar-refractivity contribution < 1.29 is 19.4 Å². The standard InChI is InChI=1S/C21H28N2O4/c1-20(2,3)27-19(24)23-16-7-8-17(23)14-21(25,13-16)15-5-9-18(10-6-15)26-12-4-11-22/h5-6,9-10,16-17,25H,4,7-8,12-14H2,1-3H3. The maximum absolute atomic E-state index is 12.6. The van der Waals surface area contributed by atoms with Gasteiger partial charge in [-0.3, -0.25) is 0 Å². The van der Waals surface area contributed by atoms with Gasteiger partial charge in [-0.1, -0.05) is 12.1 Å². The van der Waals surface area contributed by atoms with Crippen molar-refractivity contribution in [2.24, 2.45) is 0 Å². The first-order chi connectivity index (χ1) is 12.7. The number of nitrogens with zero attached hydrogens (tertiary/aromatic N) is 2. The van der Waals surface area contributed by atoms with Crippen LogP contribution in [0.4, 0.5) is 4.79 Å². The Morgan fingerprint density at radius 1 is 1.26 bits per heavy atom. The van der Waals surface area contributed by atoms with E-state index in [1.165, 1.54) is 0 Å². The van der Waals surface area contributed by atoms with Crippen LogP contribution in [0.25, 0.3) is 0 Å². The van der Waals surface area contributed by atoms with Gasteiger partial charge < -0.3 is 19.5 Å². The normalized spacial score (nSPS) is 27.1. The summed E-state index contributed by atoms with van der Waals surface area (Å²) in [5.41, 5.74) is -0.628. The SMILES string of the molecule is CC(C)(C)OC(=O)N1C2CCC1CC(O)(c1ccc(OCCC#N)cc1)C2. The molecule has 2 saturated heterocycles. The molecule has 6 heteroatoms. The maximum atomic E-state index is 12.6. The Balaban J connectivity index is 1.69. The molecular formula is C21H28N2O4. The van der Waals surface area contributed by atoms with Gasteiger partial charge in [0.2, 0.25) is 0 Å². The van der Waals surface area contributed by atoms with Crippen LogP contribution in [0.2, 0.25) is 0 Å². The van der Waals surface area contributed by atoms with E-state index >= 15 is 0 Å². The molecule has 3 rings (SSSR count). The molecule has 146 valence electrons. The van der Waals surface area contributed by atoms with Crippen LogP contribution in [0.5, 0.6) is 5.75 Å². The zero-order chi connectivity index (χ0) is 19.7. The molecule has 2 fully saturated rings. The molecule has 0 saturated carbocycles. The van der Waals surface area contributed by atoms with E-state index in [4.69, 9.17) is 14.7 Å². The van der Waals surface area contributed by atoms with E-state index in [2.05, 4.69) is 0 Å². The van der Waals surface area contributed by atoms with Crippen molar-refractivity contribution in [2.45, 2.75) is 76.2 Å². The summed E-state index contributed by atoms with van der Waals surface area (Å²) in [4.78, 5) is 14.4. The van der Waals surface area contributed by atoms with Gasteiger partial charge >= 0.3 is 6.09 Å². The first-order valence-corrected chi connectivity index (χ1v) is 9.56. The van der Waals surface area contributed by atoms with Crippen LogP contribution in [0.15, 0.2) is 24.3 Å². The molecule has 0 aromatic heterocycles. The van der Waals surface area contributed by atoms with Crippen molar-refractivity contribution in [1.82, 2.24) is 4.90 Å². The number of fused-ring (bicyclic) bond motifs is 2. The highest BCUT2D eigenvalue weighted by molar-refractivity contribution is 5.69. The van der Waals surface area contributed by atoms with Crippen molar-refractivity contribution in [3.63, 3.8) is 0 Å². The summed E-state index contributed by atoms with van der Waals surface area (Å²) in [5.74, 6) is 0.687. The molecule has 2 atom stereocenters. The van der Waals surface area contributed by atoms with E-state index in [9.17, 15) is 9.90 Å². The lowest BCUT2D eigenvalue weighted by Crippen LogP contribution is -2.53. The number of piperidine rings is 1. The summed E-state index contributed by atoms with van der Waals surface area (Å²) in [7, 11) is 0.